The Morgan fingerprint density at radius 2 is 2.09 bits per heavy atom. The van der Waals surface area contributed by atoms with Gasteiger partial charge >= 0.3 is 5.97 Å². The van der Waals surface area contributed by atoms with Gasteiger partial charge in [0.2, 0.25) is 5.91 Å². The smallest absolute Gasteiger partial charge is 0.341 e. The number of carboxylic acids is 1. The molecule has 0 heterocycles. The molecule has 1 aliphatic carbocycles. The highest BCUT2D eigenvalue weighted by Gasteiger charge is 2.24. The predicted molar refractivity (Wildman–Crippen MR) is 77.7 cm³/mol. The summed E-state index contributed by atoms with van der Waals surface area (Å²) in [4.78, 5) is 35.7. The second-order valence-electron chi connectivity index (χ2n) is 5.21. The number of carbonyl (C=O) groups excluding carboxylic acids is 2. The average molecular weight is 306 g/mol. The highest BCUT2D eigenvalue weighted by Crippen LogP contribution is 2.18. The summed E-state index contributed by atoms with van der Waals surface area (Å²) in [5.41, 5.74) is 0.338. The summed E-state index contributed by atoms with van der Waals surface area (Å²) in [5, 5.41) is 11.4. The van der Waals surface area contributed by atoms with Crippen LogP contribution in [0, 0.1) is 0 Å². The van der Waals surface area contributed by atoms with Crippen molar-refractivity contribution in [3.8, 4) is 5.75 Å². The zero-order valence-corrected chi connectivity index (χ0v) is 12.2. The van der Waals surface area contributed by atoms with Crippen LogP contribution in [0.4, 0.5) is 0 Å². The van der Waals surface area contributed by atoms with E-state index in [-0.39, 0.29) is 24.4 Å². The van der Waals surface area contributed by atoms with Gasteiger partial charge in [0.1, 0.15) is 5.75 Å². The van der Waals surface area contributed by atoms with E-state index in [0.29, 0.717) is 11.3 Å². The Labute approximate surface area is 127 Å². The standard InChI is InChI=1S/C15H18N2O5/c1-17(8-13(18)16-11-5-6-11)15(21)10-3-2-4-12(7-10)22-9-14(19)20/h2-4,7,11H,5-6,8-9H2,1H3,(H,16,18)(H,19,20). The van der Waals surface area contributed by atoms with E-state index in [4.69, 9.17) is 9.84 Å². The Balaban J connectivity index is 1.93. The fourth-order valence-corrected chi connectivity index (χ4v) is 1.87. The molecule has 0 radical (unpaired) electrons. The Kier molecular flexibility index (Phi) is 4.98. The zero-order chi connectivity index (χ0) is 16.1. The minimum Gasteiger partial charge on any atom is -0.482 e. The topological polar surface area (TPSA) is 95.9 Å². The number of rotatable bonds is 7. The largest absolute Gasteiger partial charge is 0.482 e. The van der Waals surface area contributed by atoms with Gasteiger partial charge in [0.05, 0.1) is 6.54 Å². The molecule has 2 amide bonds. The van der Waals surface area contributed by atoms with Crippen LogP contribution in [-0.2, 0) is 9.59 Å². The number of benzene rings is 1. The van der Waals surface area contributed by atoms with Gasteiger partial charge in [-0.15, -0.1) is 0 Å². The SMILES string of the molecule is CN(CC(=O)NC1CC1)C(=O)c1cccc(OCC(=O)O)c1. The van der Waals surface area contributed by atoms with E-state index in [9.17, 15) is 14.4 Å². The van der Waals surface area contributed by atoms with E-state index in [2.05, 4.69) is 5.32 Å². The number of nitrogens with zero attached hydrogens (tertiary/aromatic N) is 1. The molecular formula is C15H18N2O5. The van der Waals surface area contributed by atoms with Crippen LogP contribution in [-0.4, -0.2) is 54.0 Å². The first-order valence-electron chi connectivity index (χ1n) is 6.95. The van der Waals surface area contributed by atoms with Crippen molar-refractivity contribution in [2.24, 2.45) is 0 Å². The van der Waals surface area contributed by atoms with Crippen LogP contribution >= 0.6 is 0 Å². The molecule has 0 spiro atoms. The van der Waals surface area contributed by atoms with Gasteiger partial charge in [0.15, 0.2) is 6.61 Å². The fraction of sp³-hybridized carbons (Fsp3) is 0.400. The Hall–Kier alpha value is -2.57. The van der Waals surface area contributed by atoms with Crippen molar-refractivity contribution in [2.75, 3.05) is 20.2 Å². The molecule has 118 valence electrons. The van der Waals surface area contributed by atoms with Gasteiger partial charge in [-0.1, -0.05) is 6.07 Å². The maximum absolute atomic E-state index is 12.2. The molecule has 2 rings (SSSR count). The molecule has 7 heteroatoms. The lowest BCUT2D eigenvalue weighted by molar-refractivity contribution is -0.139. The van der Waals surface area contributed by atoms with E-state index in [1.807, 2.05) is 0 Å². The second kappa shape index (κ2) is 6.93. The van der Waals surface area contributed by atoms with Gasteiger partial charge < -0.3 is 20.1 Å². The highest BCUT2D eigenvalue weighted by molar-refractivity contribution is 5.96. The van der Waals surface area contributed by atoms with Crippen LogP contribution in [0.25, 0.3) is 0 Å². The molecule has 0 unspecified atom stereocenters. The molecule has 7 nitrogen and oxygen atoms in total. The van der Waals surface area contributed by atoms with Gasteiger partial charge in [0, 0.05) is 18.7 Å². The summed E-state index contributed by atoms with van der Waals surface area (Å²) in [6, 6.07) is 6.47. The number of nitrogens with one attached hydrogen (secondary N) is 1. The summed E-state index contributed by atoms with van der Waals surface area (Å²) in [6.07, 6.45) is 1.98. The number of aliphatic carboxylic acids is 1. The third-order valence-electron chi connectivity index (χ3n) is 3.11. The lowest BCUT2D eigenvalue weighted by atomic mass is 10.2. The van der Waals surface area contributed by atoms with Crippen molar-refractivity contribution in [3.05, 3.63) is 29.8 Å². The van der Waals surface area contributed by atoms with E-state index >= 15 is 0 Å². The molecule has 0 bridgehead atoms. The molecule has 1 aromatic rings. The maximum atomic E-state index is 12.2. The lowest BCUT2D eigenvalue weighted by Crippen LogP contribution is -2.39. The Bertz CT molecular complexity index is 583. The van der Waals surface area contributed by atoms with Gasteiger partial charge in [-0.3, -0.25) is 9.59 Å². The quantitative estimate of drug-likeness (QED) is 0.765. The van der Waals surface area contributed by atoms with E-state index in [0.717, 1.165) is 12.8 Å². The molecule has 1 aliphatic rings. The number of ether oxygens (including phenoxy) is 1. The van der Waals surface area contributed by atoms with Crippen LogP contribution in [0.2, 0.25) is 0 Å². The molecule has 22 heavy (non-hydrogen) atoms. The monoisotopic (exact) mass is 306 g/mol. The van der Waals surface area contributed by atoms with Crippen LogP contribution in [0.5, 0.6) is 5.75 Å². The molecule has 1 fully saturated rings. The number of amides is 2. The van der Waals surface area contributed by atoms with Crippen molar-refractivity contribution < 1.29 is 24.2 Å². The summed E-state index contributed by atoms with van der Waals surface area (Å²) >= 11 is 0. The highest BCUT2D eigenvalue weighted by atomic mass is 16.5. The Morgan fingerprint density at radius 1 is 1.36 bits per heavy atom. The first-order chi connectivity index (χ1) is 10.5. The van der Waals surface area contributed by atoms with Crippen LogP contribution < -0.4 is 10.1 Å². The lowest BCUT2D eigenvalue weighted by Gasteiger charge is -2.17. The molecule has 0 aliphatic heterocycles. The van der Waals surface area contributed by atoms with Gasteiger partial charge in [-0.25, -0.2) is 4.79 Å². The van der Waals surface area contributed by atoms with Crippen molar-refractivity contribution in [2.45, 2.75) is 18.9 Å². The van der Waals surface area contributed by atoms with Crippen molar-refractivity contribution in [1.29, 1.82) is 0 Å². The number of carbonyl (C=O) groups is 3. The number of likely N-dealkylation sites (N-methyl/N-ethyl adjacent to an activating group) is 1. The molecule has 1 saturated carbocycles. The predicted octanol–water partition coefficient (Wildman–Crippen LogP) is 0.501. The van der Waals surface area contributed by atoms with E-state index in [1.54, 1.807) is 25.2 Å². The minimum absolute atomic E-state index is 0.0183. The van der Waals surface area contributed by atoms with Crippen LogP contribution in [0.1, 0.15) is 23.2 Å². The Morgan fingerprint density at radius 3 is 2.73 bits per heavy atom. The van der Waals surface area contributed by atoms with E-state index < -0.39 is 12.6 Å². The van der Waals surface area contributed by atoms with Crippen LogP contribution in [0.15, 0.2) is 24.3 Å². The number of hydrogen-bond donors (Lipinski definition) is 2. The number of carboxylic acid groups (broad SMARTS) is 1. The normalized spacial score (nSPS) is 13.3. The molecule has 1 aromatic carbocycles. The number of hydrogen-bond acceptors (Lipinski definition) is 4. The minimum atomic E-state index is -1.09. The molecule has 0 atom stereocenters. The summed E-state index contributed by atoms with van der Waals surface area (Å²) < 4.78 is 5.03. The molecule has 2 N–H and O–H groups in total. The molecular weight excluding hydrogens is 288 g/mol. The third kappa shape index (κ3) is 4.76. The van der Waals surface area contributed by atoms with E-state index in [1.165, 1.54) is 11.0 Å². The van der Waals surface area contributed by atoms with Gasteiger partial charge in [0.25, 0.3) is 5.91 Å². The van der Waals surface area contributed by atoms with Crippen LogP contribution in [0.3, 0.4) is 0 Å². The average Bonchev–Trinajstić information content (AvgIpc) is 3.28. The summed E-state index contributed by atoms with van der Waals surface area (Å²) in [6.45, 7) is -0.493. The van der Waals surface area contributed by atoms with Crippen molar-refractivity contribution in [1.82, 2.24) is 10.2 Å². The third-order valence-corrected chi connectivity index (χ3v) is 3.11. The summed E-state index contributed by atoms with van der Waals surface area (Å²) in [7, 11) is 1.54. The summed E-state index contributed by atoms with van der Waals surface area (Å²) in [5.74, 6) is -1.31. The van der Waals surface area contributed by atoms with Crippen molar-refractivity contribution in [3.63, 3.8) is 0 Å². The maximum Gasteiger partial charge on any atom is 0.341 e. The van der Waals surface area contributed by atoms with Crippen molar-refractivity contribution >= 4 is 17.8 Å². The molecule has 0 aromatic heterocycles. The molecule has 0 saturated heterocycles. The van der Waals surface area contributed by atoms with Gasteiger partial charge in [-0.2, -0.15) is 0 Å². The second-order valence-corrected chi connectivity index (χ2v) is 5.21. The first-order valence-corrected chi connectivity index (χ1v) is 6.95. The zero-order valence-electron chi connectivity index (χ0n) is 12.2. The first kappa shape index (κ1) is 15.8. The fourth-order valence-electron chi connectivity index (χ4n) is 1.87. The van der Waals surface area contributed by atoms with Gasteiger partial charge in [-0.05, 0) is 31.0 Å².